The first kappa shape index (κ1) is 8.62. The normalized spacial score (nSPS) is 8.11. The van der Waals surface area contributed by atoms with E-state index in [2.05, 4.69) is 0 Å². The van der Waals surface area contributed by atoms with Gasteiger partial charge in [-0.2, -0.15) is 0 Å². The van der Waals surface area contributed by atoms with Gasteiger partial charge in [0.1, 0.15) is 5.75 Å². The quantitative estimate of drug-likeness (QED) is 0.423. The second-order valence-electron chi connectivity index (χ2n) is 1.79. The van der Waals surface area contributed by atoms with Crippen LogP contribution < -0.4 is 18.9 Å². The van der Waals surface area contributed by atoms with Crippen LogP contribution >= 0.6 is 0 Å². The van der Waals surface area contributed by atoms with Gasteiger partial charge in [0, 0.05) is 0 Å². The first-order valence-corrected chi connectivity index (χ1v) is 2.55. The van der Waals surface area contributed by atoms with E-state index in [1.165, 1.54) is 0 Å². The number of aromatic hydroxyl groups is 1. The molecule has 1 aromatic rings. The molecule has 0 aromatic heterocycles. The predicted octanol–water partition coefficient (Wildman–Crippen LogP) is -1.18. The van der Waals surface area contributed by atoms with Crippen molar-refractivity contribution in [2.45, 2.75) is 6.92 Å². The van der Waals surface area contributed by atoms with Gasteiger partial charge < -0.3 is 6.53 Å². The van der Waals surface area contributed by atoms with Crippen molar-refractivity contribution in [1.82, 2.24) is 0 Å². The molecule has 0 aliphatic heterocycles. The summed E-state index contributed by atoms with van der Waals surface area (Å²) in [5.41, 5.74) is 0.924. The maximum Gasteiger partial charge on any atom is 1.00 e. The maximum absolute atomic E-state index is 8.92. The van der Waals surface area contributed by atoms with E-state index in [1.807, 2.05) is 25.1 Å². The van der Waals surface area contributed by atoms with Crippen LogP contribution in [-0.2, 0) is 0 Å². The third kappa shape index (κ3) is 2.13. The van der Waals surface area contributed by atoms with E-state index in [9.17, 15) is 0 Å². The van der Waals surface area contributed by atoms with E-state index in [-0.39, 0.29) is 20.3 Å². The minimum Gasteiger partial charge on any atom is -1.00 e. The van der Waals surface area contributed by atoms with E-state index in [1.54, 1.807) is 6.07 Å². The molecule has 1 N–H and O–H groups in total. The number of benzene rings is 1. The summed E-state index contributed by atoms with van der Waals surface area (Å²) in [7, 11) is 0. The summed E-state index contributed by atoms with van der Waals surface area (Å²) in [5.74, 6) is 0.368. The van der Waals surface area contributed by atoms with Gasteiger partial charge in [-0.25, -0.2) is 0 Å². The Balaban J connectivity index is 0. The average molecular weight is 116 g/mol. The third-order valence-electron chi connectivity index (χ3n) is 1.12. The fourth-order valence-corrected chi connectivity index (χ4v) is 0.563. The van der Waals surface area contributed by atoms with E-state index in [0.29, 0.717) is 5.75 Å². The van der Waals surface area contributed by atoms with Gasteiger partial charge >= 0.3 is 18.9 Å². The second kappa shape index (κ2) is 3.61. The van der Waals surface area contributed by atoms with Crippen LogP contribution in [-0.4, -0.2) is 5.11 Å². The predicted molar refractivity (Wildman–Crippen MR) is 34.0 cm³/mol. The Hall–Kier alpha value is -0.383. The van der Waals surface area contributed by atoms with Crippen LogP contribution in [0, 0.1) is 6.92 Å². The monoisotopic (exact) mass is 116 g/mol. The zero-order chi connectivity index (χ0) is 5.98. The van der Waals surface area contributed by atoms with Gasteiger partial charge in [-0.05, 0) is 18.6 Å². The van der Waals surface area contributed by atoms with Crippen molar-refractivity contribution in [3.05, 3.63) is 29.8 Å². The minimum absolute atomic E-state index is 0. The number of hydrogen-bond donors (Lipinski definition) is 1. The van der Waals surface area contributed by atoms with Crippen LogP contribution in [0.4, 0.5) is 0 Å². The zero-order valence-corrected chi connectivity index (χ0v) is 5.76. The largest absolute Gasteiger partial charge is 1.00 e. The standard InChI is InChI=1S/C7H8O.Li.H/c1-6-4-2-3-5-7(6)8;;/h2-5,8H,1H3;;/q;+1;-1. The summed E-state index contributed by atoms with van der Waals surface area (Å²) in [5, 5.41) is 8.92. The summed E-state index contributed by atoms with van der Waals surface area (Å²) in [4.78, 5) is 0. The number of para-hydroxylation sites is 1. The molecule has 44 valence electrons. The molecule has 0 fully saturated rings. The van der Waals surface area contributed by atoms with Crippen LogP contribution in [0.2, 0.25) is 0 Å². The maximum atomic E-state index is 8.92. The molecule has 0 radical (unpaired) electrons. The van der Waals surface area contributed by atoms with Crippen molar-refractivity contribution >= 4 is 0 Å². The van der Waals surface area contributed by atoms with Crippen molar-refractivity contribution in [3.63, 3.8) is 0 Å². The molecule has 0 unspecified atom stereocenters. The Morgan fingerprint density at radius 1 is 1.33 bits per heavy atom. The number of aryl methyl sites for hydroxylation is 1. The number of hydrogen-bond acceptors (Lipinski definition) is 1. The molecule has 0 saturated carbocycles. The van der Waals surface area contributed by atoms with Crippen molar-refractivity contribution < 1.29 is 25.4 Å². The molecule has 9 heavy (non-hydrogen) atoms. The Kier molecular flexibility index (Phi) is 3.45. The molecule has 0 spiro atoms. The van der Waals surface area contributed by atoms with Crippen molar-refractivity contribution in [2.24, 2.45) is 0 Å². The van der Waals surface area contributed by atoms with Crippen molar-refractivity contribution in [1.29, 1.82) is 0 Å². The van der Waals surface area contributed by atoms with Crippen LogP contribution in [0.25, 0.3) is 0 Å². The van der Waals surface area contributed by atoms with Crippen molar-refractivity contribution in [2.75, 3.05) is 0 Å². The summed E-state index contributed by atoms with van der Waals surface area (Å²) in [6.07, 6.45) is 0. The van der Waals surface area contributed by atoms with Gasteiger partial charge in [-0.3, -0.25) is 0 Å². The molecule has 0 amide bonds. The van der Waals surface area contributed by atoms with E-state index in [4.69, 9.17) is 5.11 Å². The average Bonchev–Trinajstić information content (AvgIpc) is 1.77. The molecule has 0 aliphatic rings. The summed E-state index contributed by atoms with van der Waals surface area (Å²) in [6, 6.07) is 7.25. The second-order valence-corrected chi connectivity index (χ2v) is 1.79. The first-order chi connectivity index (χ1) is 3.80. The molecule has 2 heteroatoms. The minimum atomic E-state index is 0. The molecule has 0 bridgehead atoms. The van der Waals surface area contributed by atoms with Gasteiger partial charge in [0.05, 0.1) is 0 Å². The third-order valence-corrected chi connectivity index (χ3v) is 1.12. The van der Waals surface area contributed by atoms with Crippen molar-refractivity contribution in [3.8, 4) is 5.75 Å². The fraction of sp³-hybridized carbons (Fsp3) is 0.143. The smallest absolute Gasteiger partial charge is 1.00 e. The number of rotatable bonds is 0. The van der Waals surface area contributed by atoms with Gasteiger partial charge in [0.25, 0.3) is 0 Å². The Bertz CT molecular complexity index is 170. The molecule has 1 rings (SSSR count). The van der Waals surface area contributed by atoms with Gasteiger partial charge in [0.2, 0.25) is 0 Å². The zero-order valence-electron chi connectivity index (χ0n) is 6.76. The summed E-state index contributed by atoms with van der Waals surface area (Å²) >= 11 is 0. The molecular formula is C7H9LiO. The molecular weight excluding hydrogens is 107 g/mol. The molecule has 0 heterocycles. The Labute approximate surface area is 68.4 Å². The number of phenols is 1. The topological polar surface area (TPSA) is 20.2 Å². The molecule has 0 saturated heterocycles. The summed E-state index contributed by atoms with van der Waals surface area (Å²) < 4.78 is 0. The Morgan fingerprint density at radius 3 is 2.22 bits per heavy atom. The SMILES string of the molecule is Cc1ccccc1O.[H-].[Li+]. The molecule has 1 nitrogen and oxygen atoms in total. The van der Waals surface area contributed by atoms with Gasteiger partial charge in [-0.1, -0.05) is 18.2 Å². The van der Waals surface area contributed by atoms with E-state index < -0.39 is 0 Å². The fourth-order valence-electron chi connectivity index (χ4n) is 0.563. The first-order valence-electron chi connectivity index (χ1n) is 2.55. The van der Waals surface area contributed by atoms with E-state index >= 15 is 0 Å². The van der Waals surface area contributed by atoms with Crippen LogP contribution in [0.1, 0.15) is 6.99 Å². The van der Waals surface area contributed by atoms with Crippen LogP contribution in [0.15, 0.2) is 24.3 Å². The summed E-state index contributed by atoms with van der Waals surface area (Å²) in [6.45, 7) is 1.87. The Morgan fingerprint density at radius 2 is 1.89 bits per heavy atom. The van der Waals surface area contributed by atoms with Gasteiger partial charge in [-0.15, -0.1) is 0 Å². The van der Waals surface area contributed by atoms with E-state index in [0.717, 1.165) is 5.56 Å². The molecule has 0 aliphatic carbocycles. The van der Waals surface area contributed by atoms with Crippen LogP contribution in [0.3, 0.4) is 0 Å². The van der Waals surface area contributed by atoms with Crippen LogP contribution in [0.5, 0.6) is 5.75 Å². The molecule has 0 atom stereocenters. The molecule has 1 aromatic carbocycles. The number of phenolic OH excluding ortho intramolecular Hbond substituents is 1. The van der Waals surface area contributed by atoms with Gasteiger partial charge in [0.15, 0.2) is 0 Å².